The summed E-state index contributed by atoms with van der Waals surface area (Å²) in [6, 6.07) is 7.28. The number of amides is 2. The zero-order valence-corrected chi connectivity index (χ0v) is 23.3. The van der Waals surface area contributed by atoms with Gasteiger partial charge in [-0.25, -0.2) is 21.6 Å². The maximum absolute atomic E-state index is 14.8. The average molecular weight is 550 g/mol. The van der Waals surface area contributed by atoms with Crippen molar-refractivity contribution in [3.63, 3.8) is 0 Å². The van der Waals surface area contributed by atoms with Crippen molar-refractivity contribution >= 4 is 22.0 Å². The van der Waals surface area contributed by atoms with Crippen LogP contribution in [0.3, 0.4) is 0 Å². The van der Waals surface area contributed by atoms with E-state index in [1.165, 1.54) is 74.6 Å². The van der Waals surface area contributed by atoms with Gasteiger partial charge in [0.05, 0.1) is 17.1 Å². The number of halogens is 1. The summed E-state index contributed by atoms with van der Waals surface area (Å²) in [6.07, 6.45) is 4.58. The van der Waals surface area contributed by atoms with E-state index in [2.05, 4.69) is 11.9 Å². The van der Waals surface area contributed by atoms with E-state index in [4.69, 9.17) is 9.47 Å². The smallest absolute Gasteiger partial charge is 0.410 e. The number of carbonyl (C=O) groups excluding carboxylic acids is 2. The Morgan fingerprint density at radius 1 is 1.26 bits per heavy atom. The van der Waals surface area contributed by atoms with Crippen LogP contribution in [0.5, 0.6) is 0 Å². The number of likely N-dealkylation sites (N-methyl/N-ethyl adjacent to an activating group) is 1. The molecule has 0 saturated heterocycles. The number of carbonyl (C=O) groups is 2. The number of nitrogens with one attached hydrogen (secondary N) is 1. The summed E-state index contributed by atoms with van der Waals surface area (Å²) in [6.45, 7) is 10.0. The molecule has 2 rings (SSSR count). The van der Waals surface area contributed by atoms with Crippen LogP contribution in [0.1, 0.15) is 34.7 Å². The standard InChI is InChI=1S/C27H34FN3O6S.H2/c1-8-20(36-18-25(32)29-6)15-21(9-2)38(34,35)31-17-19(16-30(7)26(33)37-27(3,4)5)14-24(31)22-12-10-11-13-23(22)28;/h8-15,17H,1,16,18H2,2-7H3,(H,29,32);1H/b20-15+,21-9+;. The molecule has 1 aromatic heterocycles. The van der Waals surface area contributed by atoms with Crippen LogP contribution in [0.2, 0.25) is 0 Å². The molecule has 0 saturated carbocycles. The minimum Gasteiger partial charge on any atom is -0.484 e. The highest BCUT2D eigenvalue weighted by molar-refractivity contribution is 7.94. The maximum Gasteiger partial charge on any atom is 0.410 e. The van der Waals surface area contributed by atoms with E-state index < -0.39 is 33.4 Å². The van der Waals surface area contributed by atoms with Crippen molar-refractivity contribution < 1.29 is 33.3 Å². The molecular formula is C27H36FN3O6S. The summed E-state index contributed by atoms with van der Waals surface area (Å²) < 4.78 is 54.1. The van der Waals surface area contributed by atoms with Gasteiger partial charge in [-0.2, -0.15) is 0 Å². The van der Waals surface area contributed by atoms with E-state index in [1.54, 1.807) is 26.8 Å². The molecule has 0 atom stereocenters. The summed E-state index contributed by atoms with van der Waals surface area (Å²) in [5.41, 5.74) is -0.162. The van der Waals surface area contributed by atoms with Gasteiger partial charge in [0.2, 0.25) is 0 Å². The Labute approximate surface area is 224 Å². The average Bonchev–Trinajstić information content (AvgIpc) is 3.27. The van der Waals surface area contributed by atoms with Crippen molar-refractivity contribution in [3.05, 3.63) is 83.4 Å². The third kappa shape index (κ3) is 7.82. The molecule has 0 aliphatic carbocycles. The zero-order chi connectivity index (χ0) is 28.7. The van der Waals surface area contributed by atoms with Gasteiger partial charge in [0.25, 0.3) is 15.9 Å². The van der Waals surface area contributed by atoms with E-state index in [9.17, 15) is 22.4 Å². The fourth-order valence-electron chi connectivity index (χ4n) is 3.27. The topological polar surface area (TPSA) is 107 Å². The number of nitrogens with zero attached hydrogens (tertiary/aromatic N) is 2. The first-order valence-corrected chi connectivity index (χ1v) is 13.2. The minimum atomic E-state index is -4.29. The number of ether oxygens (including phenoxy) is 2. The number of allylic oxidation sites excluding steroid dienone is 3. The van der Waals surface area contributed by atoms with Crippen LogP contribution < -0.4 is 5.32 Å². The van der Waals surface area contributed by atoms with E-state index in [0.717, 1.165) is 3.97 Å². The Kier molecular flexibility index (Phi) is 10.1. The van der Waals surface area contributed by atoms with Gasteiger partial charge in [-0.05, 0) is 57.5 Å². The van der Waals surface area contributed by atoms with E-state index in [-0.39, 0.29) is 36.5 Å². The lowest BCUT2D eigenvalue weighted by atomic mass is 10.1. The Morgan fingerprint density at radius 3 is 2.47 bits per heavy atom. The first-order chi connectivity index (χ1) is 17.7. The van der Waals surface area contributed by atoms with Crippen molar-refractivity contribution in [1.29, 1.82) is 0 Å². The fourth-order valence-corrected chi connectivity index (χ4v) is 4.74. The Hall–Kier alpha value is -3.86. The van der Waals surface area contributed by atoms with Gasteiger partial charge >= 0.3 is 6.09 Å². The van der Waals surface area contributed by atoms with E-state index in [1.807, 2.05) is 0 Å². The van der Waals surface area contributed by atoms with Crippen LogP contribution in [0, 0.1) is 5.82 Å². The minimum absolute atomic E-state index is 0. The van der Waals surface area contributed by atoms with Crippen LogP contribution >= 0.6 is 0 Å². The molecule has 1 N–H and O–H groups in total. The van der Waals surface area contributed by atoms with Crippen molar-refractivity contribution in [2.75, 3.05) is 20.7 Å². The molecule has 208 valence electrons. The van der Waals surface area contributed by atoms with Crippen LogP contribution in [0.25, 0.3) is 11.3 Å². The lowest BCUT2D eigenvalue weighted by Crippen LogP contribution is -2.33. The summed E-state index contributed by atoms with van der Waals surface area (Å²) in [7, 11) is -1.33. The quantitative estimate of drug-likeness (QED) is 0.336. The SMILES string of the molecule is C=C/C(=C\C(=C/C)S(=O)(=O)n1cc(CN(C)C(=O)OC(C)(C)C)cc1-c1ccccc1F)OCC(=O)NC.[HH]. The van der Waals surface area contributed by atoms with Gasteiger partial charge in [-0.3, -0.25) is 4.79 Å². The first kappa shape index (κ1) is 30.4. The normalized spacial score (nSPS) is 12.6. The number of hydrogen-bond donors (Lipinski definition) is 1. The molecule has 1 aromatic carbocycles. The van der Waals surface area contributed by atoms with Gasteiger partial charge in [0, 0.05) is 33.4 Å². The second-order valence-electron chi connectivity index (χ2n) is 9.25. The number of hydrogen-bond acceptors (Lipinski definition) is 6. The summed E-state index contributed by atoms with van der Waals surface area (Å²) in [5, 5.41) is 2.40. The second-order valence-corrected chi connectivity index (χ2v) is 11.1. The van der Waals surface area contributed by atoms with Crippen LogP contribution in [-0.2, 0) is 30.8 Å². The lowest BCUT2D eigenvalue weighted by molar-refractivity contribution is -0.123. The summed E-state index contributed by atoms with van der Waals surface area (Å²) in [4.78, 5) is 25.1. The molecule has 11 heteroatoms. The Bertz CT molecular complexity index is 1360. The highest BCUT2D eigenvalue weighted by atomic mass is 32.2. The predicted molar refractivity (Wildman–Crippen MR) is 146 cm³/mol. The Morgan fingerprint density at radius 2 is 1.92 bits per heavy atom. The Balaban J connectivity index is 0.00000760. The highest BCUT2D eigenvalue weighted by Crippen LogP contribution is 2.30. The highest BCUT2D eigenvalue weighted by Gasteiger charge is 2.26. The second kappa shape index (κ2) is 12.6. The molecule has 2 aromatic rings. The third-order valence-electron chi connectivity index (χ3n) is 5.09. The molecule has 38 heavy (non-hydrogen) atoms. The summed E-state index contributed by atoms with van der Waals surface area (Å²) in [5.74, 6) is -0.976. The molecular weight excluding hydrogens is 513 g/mol. The number of benzene rings is 1. The van der Waals surface area contributed by atoms with Gasteiger partial charge < -0.3 is 19.7 Å². The van der Waals surface area contributed by atoms with Crippen molar-refractivity contribution in [1.82, 2.24) is 14.2 Å². The predicted octanol–water partition coefficient (Wildman–Crippen LogP) is 4.82. The van der Waals surface area contributed by atoms with Crippen molar-refractivity contribution in [2.24, 2.45) is 0 Å². The molecule has 0 aliphatic heterocycles. The lowest BCUT2D eigenvalue weighted by Gasteiger charge is -2.24. The van der Waals surface area contributed by atoms with Gasteiger partial charge in [0.1, 0.15) is 17.2 Å². The van der Waals surface area contributed by atoms with Crippen molar-refractivity contribution in [3.8, 4) is 11.3 Å². The van der Waals surface area contributed by atoms with E-state index in [0.29, 0.717) is 5.56 Å². The molecule has 0 bridgehead atoms. The van der Waals surface area contributed by atoms with Crippen LogP contribution in [0.4, 0.5) is 9.18 Å². The molecule has 9 nitrogen and oxygen atoms in total. The van der Waals surface area contributed by atoms with Crippen LogP contribution in [-0.4, -0.2) is 55.6 Å². The molecule has 0 spiro atoms. The largest absolute Gasteiger partial charge is 0.484 e. The van der Waals surface area contributed by atoms with Crippen LogP contribution in [0.15, 0.2) is 72.0 Å². The molecule has 0 fully saturated rings. The fraction of sp³-hybridized carbons (Fsp3) is 0.333. The monoisotopic (exact) mass is 549 g/mol. The molecule has 0 aliphatic rings. The van der Waals surface area contributed by atoms with E-state index >= 15 is 0 Å². The maximum atomic E-state index is 14.8. The van der Waals surface area contributed by atoms with Gasteiger partial charge in [-0.1, -0.05) is 24.8 Å². The molecule has 0 unspecified atom stereocenters. The molecule has 0 radical (unpaired) electrons. The zero-order valence-electron chi connectivity index (χ0n) is 22.4. The number of rotatable bonds is 10. The van der Waals surface area contributed by atoms with Crippen molar-refractivity contribution in [2.45, 2.75) is 39.8 Å². The third-order valence-corrected chi connectivity index (χ3v) is 6.86. The first-order valence-electron chi connectivity index (χ1n) is 11.7. The molecule has 2 amide bonds. The summed E-state index contributed by atoms with van der Waals surface area (Å²) >= 11 is 0. The van der Waals surface area contributed by atoms with Gasteiger partial charge in [-0.15, -0.1) is 0 Å². The number of aromatic nitrogens is 1. The molecule has 1 heterocycles. The van der Waals surface area contributed by atoms with Gasteiger partial charge in [0.15, 0.2) is 6.61 Å².